The van der Waals surface area contributed by atoms with Crippen LogP contribution in [0, 0.1) is 23.7 Å². The van der Waals surface area contributed by atoms with Crippen molar-refractivity contribution in [3.05, 3.63) is 18.0 Å². The van der Waals surface area contributed by atoms with Crippen LogP contribution in [0.2, 0.25) is 0 Å². The van der Waals surface area contributed by atoms with E-state index < -0.39 is 0 Å². The maximum Gasteiger partial charge on any atom is 0.0621 e. The first kappa shape index (κ1) is 13.7. The molecule has 0 saturated heterocycles. The molecule has 0 radical (unpaired) electrons. The average molecular weight is 234 g/mol. The zero-order valence-corrected chi connectivity index (χ0v) is 11.0. The number of nitrogens with zero attached hydrogens (tertiary/aromatic N) is 3. The van der Waals surface area contributed by atoms with E-state index >= 15 is 0 Å². The molecule has 0 saturated carbocycles. The first-order valence-electron chi connectivity index (χ1n) is 6.10. The molecule has 0 atom stereocenters. The largest absolute Gasteiger partial charge is 0.314 e. The molecule has 17 heavy (non-hydrogen) atoms. The number of aryl methyl sites for hydroxylation is 1. The van der Waals surface area contributed by atoms with Gasteiger partial charge in [-0.05, 0) is 24.3 Å². The van der Waals surface area contributed by atoms with Gasteiger partial charge in [0.2, 0.25) is 0 Å². The molecule has 1 aromatic rings. The van der Waals surface area contributed by atoms with Gasteiger partial charge in [-0.1, -0.05) is 13.8 Å². The van der Waals surface area contributed by atoms with Gasteiger partial charge in [-0.3, -0.25) is 4.68 Å². The molecule has 0 amide bonds. The normalized spacial score (nSPS) is 11.4. The summed E-state index contributed by atoms with van der Waals surface area (Å²) in [4.78, 5) is 0. The first-order chi connectivity index (χ1) is 8.03. The highest BCUT2D eigenvalue weighted by Crippen LogP contribution is 2.20. The quantitative estimate of drug-likeness (QED) is 0.735. The summed E-state index contributed by atoms with van der Waals surface area (Å²) in [7, 11) is 0. The summed E-state index contributed by atoms with van der Waals surface area (Å²) in [6.45, 7) is 9.17. The van der Waals surface area contributed by atoms with Crippen molar-refractivity contribution < 1.29 is 0 Å². The SMILES string of the molecule is Cc1cnn(CCNCC(C)(C)CCC#N)c1. The summed E-state index contributed by atoms with van der Waals surface area (Å²) in [6.07, 6.45) is 5.49. The predicted molar refractivity (Wildman–Crippen MR) is 68.5 cm³/mol. The van der Waals surface area contributed by atoms with E-state index in [0.29, 0.717) is 6.42 Å². The second-order valence-electron chi connectivity index (χ2n) is 5.28. The van der Waals surface area contributed by atoms with Crippen LogP contribution >= 0.6 is 0 Å². The number of nitriles is 1. The number of aromatic nitrogens is 2. The number of nitrogens with one attached hydrogen (secondary N) is 1. The van der Waals surface area contributed by atoms with Crippen LogP contribution in [0.3, 0.4) is 0 Å². The van der Waals surface area contributed by atoms with Crippen molar-refractivity contribution >= 4 is 0 Å². The van der Waals surface area contributed by atoms with E-state index in [1.807, 2.05) is 24.0 Å². The van der Waals surface area contributed by atoms with Gasteiger partial charge >= 0.3 is 0 Å². The molecule has 4 nitrogen and oxygen atoms in total. The van der Waals surface area contributed by atoms with E-state index in [0.717, 1.165) is 26.1 Å². The highest BCUT2D eigenvalue weighted by atomic mass is 15.3. The molecule has 0 fully saturated rings. The fourth-order valence-electron chi connectivity index (χ4n) is 1.69. The molecule has 0 spiro atoms. The van der Waals surface area contributed by atoms with Gasteiger partial charge in [-0.15, -0.1) is 0 Å². The minimum atomic E-state index is 0.190. The topological polar surface area (TPSA) is 53.6 Å². The van der Waals surface area contributed by atoms with E-state index in [4.69, 9.17) is 5.26 Å². The lowest BCUT2D eigenvalue weighted by Gasteiger charge is -2.23. The van der Waals surface area contributed by atoms with Gasteiger partial charge in [0.25, 0.3) is 0 Å². The molecule has 0 bridgehead atoms. The second-order valence-corrected chi connectivity index (χ2v) is 5.28. The van der Waals surface area contributed by atoms with Crippen LogP contribution < -0.4 is 5.32 Å². The van der Waals surface area contributed by atoms with Crippen LogP contribution in [-0.4, -0.2) is 22.9 Å². The maximum absolute atomic E-state index is 8.57. The molecule has 94 valence electrons. The minimum absolute atomic E-state index is 0.190. The molecule has 1 aromatic heterocycles. The molecule has 0 aliphatic rings. The van der Waals surface area contributed by atoms with Crippen molar-refractivity contribution in [2.24, 2.45) is 5.41 Å². The van der Waals surface area contributed by atoms with Crippen molar-refractivity contribution in [2.45, 2.75) is 40.2 Å². The molecular weight excluding hydrogens is 212 g/mol. The molecule has 1 rings (SSSR count). The summed E-state index contributed by atoms with van der Waals surface area (Å²) < 4.78 is 1.95. The van der Waals surface area contributed by atoms with Crippen LogP contribution in [0.4, 0.5) is 0 Å². The van der Waals surface area contributed by atoms with E-state index in [9.17, 15) is 0 Å². The molecule has 0 aliphatic heterocycles. The summed E-state index contributed by atoms with van der Waals surface area (Å²) in [5, 5.41) is 16.2. The van der Waals surface area contributed by atoms with Crippen LogP contribution in [0.5, 0.6) is 0 Å². The van der Waals surface area contributed by atoms with Crippen LogP contribution in [0.15, 0.2) is 12.4 Å². The third-order valence-electron chi connectivity index (χ3n) is 2.80. The second kappa shape index (κ2) is 6.41. The van der Waals surface area contributed by atoms with Gasteiger partial charge in [0.15, 0.2) is 0 Å². The van der Waals surface area contributed by atoms with Crippen LogP contribution in [0.1, 0.15) is 32.3 Å². The minimum Gasteiger partial charge on any atom is -0.314 e. The van der Waals surface area contributed by atoms with Crippen molar-refractivity contribution in [3.63, 3.8) is 0 Å². The van der Waals surface area contributed by atoms with Gasteiger partial charge in [0.05, 0.1) is 18.8 Å². The third kappa shape index (κ3) is 5.50. The fraction of sp³-hybridized carbons (Fsp3) is 0.692. The zero-order valence-electron chi connectivity index (χ0n) is 11.0. The highest BCUT2D eigenvalue weighted by molar-refractivity contribution is 4.99. The van der Waals surface area contributed by atoms with Crippen LogP contribution in [-0.2, 0) is 6.54 Å². The Morgan fingerprint density at radius 1 is 1.53 bits per heavy atom. The summed E-state index contributed by atoms with van der Waals surface area (Å²) in [6, 6.07) is 2.20. The van der Waals surface area contributed by atoms with Crippen molar-refractivity contribution in [1.29, 1.82) is 5.26 Å². The molecule has 4 heteroatoms. The van der Waals surface area contributed by atoms with Gasteiger partial charge in [-0.25, -0.2) is 0 Å². The summed E-state index contributed by atoms with van der Waals surface area (Å²) in [5.41, 5.74) is 1.38. The molecule has 0 aromatic carbocycles. The molecule has 1 heterocycles. The van der Waals surface area contributed by atoms with E-state index in [1.165, 1.54) is 5.56 Å². The van der Waals surface area contributed by atoms with Crippen LogP contribution in [0.25, 0.3) is 0 Å². The van der Waals surface area contributed by atoms with E-state index in [1.54, 1.807) is 0 Å². The summed E-state index contributed by atoms with van der Waals surface area (Å²) in [5.74, 6) is 0. The summed E-state index contributed by atoms with van der Waals surface area (Å²) >= 11 is 0. The Morgan fingerprint density at radius 3 is 2.88 bits per heavy atom. The van der Waals surface area contributed by atoms with Crippen molar-refractivity contribution in [1.82, 2.24) is 15.1 Å². The lowest BCUT2D eigenvalue weighted by molar-refractivity contribution is 0.315. The maximum atomic E-state index is 8.57. The third-order valence-corrected chi connectivity index (χ3v) is 2.80. The zero-order chi connectivity index (χ0) is 12.7. The molecule has 0 aliphatic carbocycles. The number of rotatable bonds is 7. The Bertz CT molecular complexity index is 373. The standard InChI is InChI=1S/C13H22N4/c1-12-9-16-17(10-12)8-7-15-11-13(2,3)5-4-6-14/h9-10,15H,4-5,7-8,11H2,1-3H3. The van der Waals surface area contributed by atoms with Crippen molar-refractivity contribution in [2.75, 3.05) is 13.1 Å². The average Bonchev–Trinajstić information content (AvgIpc) is 2.68. The highest BCUT2D eigenvalue weighted by Gasteiger charge is 2.16. The lowest BCUT2D eigenvalue weighted by Crippen LogP contribution is -2.31. The van der Waals surface area contributed by atoms with Gasteiger partial charge in [-0.2, -0.15) is 10.4 Å². The molecular formula is C13H22N4. The Labute approximate surface area is 104 Å². The van der Waals surface area contributed by atoms with E-state index in [-0.39, 0.29) is 5.41 Å². The number of hydrogen-bond donors (Lipinski definition) is 1. The number of hydrogen-bond acceptors (Lipinski definition) is 3. The monoisotopic (exact) mass is 234 g/mol. The lowest BCUT2D eigenvalue weighted by atomic mass is 9.88. The van der Waals surface area contributed by atoms with E-state index in [2.05, 4.69) is 30.3 Å². The Hall–Kier alpha value is -1.34. The Balaban J connectivity index is 2.17. The van der Waals surface area contributed by atoms with Gasteiger partial charge in [0, 0.05) is 25.7 Å². The Morgan fingerprint density at radius 2 is 2.29 bits per heavy atom. The Kier molecular flexibility index (Phi) is 5.17. The van der Waals surface area contributed by atoms with Crippen molar-refractivity contribution in [3.8, 4) is 6.07 Å². The fourth-order valence-corrected chi connectivity index (χ4v) is 1.69. The van der Waals surface area contributed by atoms with Gasteiger partial charge < -0.3 is 5.32 Å². The molecule has 0 unspecified atom stereocenters. The smallest absolute Gasteiger partial charge is 0.0621 e. The van der Waals surface area contributed by atoms with Gasteiger partial charge in [0.1, 0.15) is 0 Å². The first-order valence-corrected chi connectivity index (χ1v) is 6.10. The molecule has 1 N–H and O–H groups in total. The predicted octanol–water partition coefficient (Wildman–Crippen LogP) is 2.11.